The van der Waals surface area contributed by atoms with Crippen molar-refractivity contribution in [2.45, 2.75) is 26.2 Å². The van der Waals surface area contributed by atoms with E-state index >= 15 is 0 Å². The van der Waals surface area contributed by atoms with E-state index in [9.17, 15) is 4.79 Å². The highest BCUT2D eigenvalue weighted by molar-refractivity contribution is 5.95. The highest BCUT2D eigenvalue weighted by atomic mass is 16.5. The minimum absolute atomic E-state index is 0.0622. The van der Waals surface area contributed by atoms with Crippen LogP contribution in [-0.2, 0) is 9.53 Å². The summed E-state index contributed by atoms with van der Waals surface area (Å²) >= 11 is 0. The third-order valence-electron chi connectivity index (χ3n) is 5.89. The molecular formula is C23H26N6O3. The van der Waals surface area contributed by atoms with Crippen LogP contribution in [0.5, 0.6) is 5.75 Å². The van der Waals surface area contributed by atoms with Crippen molar-refractivity contribution in [3.63, 3.8) is 0 Å². The lowest BCUT2D eigenvalue weighted by atomic mass is 9.85. The number of aryl methyl sites for hydroxylation is 1. The van der Waals surface area contributed by atoms with Crippen LogP contribution < -0.4 is 15.0 Å². The monoisotopic (exact) mass is 434 g/mol. The second kappa shape index (κ2) is 8.58. The molecule has 32 heavy (non-hydrogen) atoms. The predicted molar refractivity (Wildman–Crippen MR) is 120 cm³/mol. The van der Waals surface area contributed by atoms with Gasteiger partial charge in [-0.05, 0) is 32.0 Å². The molecule has 1 amide bonds. The van der Waals surface area contributed by atoms with E-state index in [2.05, 4.69) is 20.4 Å². The number of rotatable bonds is 5. The summed E-state index contributed by atoms with van der Waals surface area (Å²) in [6, 6.07) is 11.7. The fourth-order valence-corrected chi connectivity index (χ4v) is 4.43. The molecule has 3 aromatic rings. The summed E-state index contributed by atoms with van der Waals surface area (Å²) < 4.78 is 12.9. The van der Waals surface area contributed by atoms with Crippen molar-refractivity contribution < 1.29 is 14.3 Å². The molecule has 0 bridgehead atoms. The maximum atomic E-state index is 12.7. The Bertz CT molecular complexity index is 1120. The molecule has 1 unspecified atom stereocenters. The van der Waals surface area contributed by atoms with Crippen LogP contribution in [0.2, 0.25) is 0 Å². The van der Waals surface area contributed by atoms with Gasteiger partial charge in [-0.3, -0.25) is 4.79 Å². The number of fused-ring (bicyclic) bond motifs is 1. The highest BCUT2D eigenvalue weighted by Gasteiger charge is 2.34. The number of carbonyl (C=O) groups excluding carboxylic acids is 1. The predicted octanol–water partition coefficient (Wildman–Crippen LogP) is 2.68. The number of para-hydroxylation sites is 1. The molecule has 2 aliphatic heterocycles. The van der Waals surface area contributed by atoms with Crippen LogP contribution in [0.1, 0.15) is 36.1 Å². The second-order valence-corrected chi connectivity index (χ2v) is 7.88. The molecule has 2 aromatic heterocycles. The van der Waals surface area contributed by atoms with Crippen molar-refractivity contribution >= 4 is 17.5 Å². The Morgan fingerprint density at radius 3 is 2.62 bits per heavy atom. The molecule has 1 atom stereocenters. The molecule has 1 fully saturated rings. The Labute approximate surface area is 186 Å². The summed E-state index contributed by atoms with van der Waals surface area (Å²) in [5.41, 5.74) is 2.81. The molecule has 2 aliphatic rings. The lowest BCUT2D eigenvalue weighted by molar-refractivity contribution is -0.116. The minimum Gasteiger partial charge on any atom is -0.494 e. The van der Waals surface area contributed by atoms with Crippen LogP contribution in [0.15, 0.2) is 36.4 Å². The number of nitrogens with zero attached hydrogens (tertiary/aromatic N) is 5. The number of ether oxygens (including phenoxy) is 2. The van der Waals surface area contributed by atoms with E-state index in [0.717, 1.165) is 41.5 Å². The number of carbonyl (C=O) groups is 1. The molecule has 0 spiro atoms. The van der Waals surface area contributed by atoms with Crippen LogP contribution in [-0.4, -0.2) is 58.8 Å². The summed E-state index contributed by atoms with van der Waals surface area (Å²) in [4.78, 5) is 14.8. The van der Waals surface area contributed by atoms with Crippen LogP contribution in [0.25, 0.3) is 5.82 Å². The fraction of sp³-hybridized carbons (Fsp3) is 0.391. The third-order valence-corrected chi connectivity index (χ3v) is 5.89. The lowest BCUT2D eigenvalue weighted by Crippen LogP contribution is -2.36. The van der Waals surface area contributed by atoms with Gasteiger partial charge < -0.3 is 19.7 Å². The number of hydrogen-bond acceptors (Lipinski definition) is 7. The number of nitrogens with one attached hydrogen (secondary N) is 1. The summed E-state index contributed by atoms with van der Waals surface area (Å²) in [5.74, 6) is 2.60. The number of morpholine rings is 1. The lowest BCUT2D eigenvalue weighted by Gasteiger charge is -2.27. The maximum Gasteiger partial charge on any atom is 0.226 e. The number of amides is 1. The Kier molecular flexibility index (Phi) is 5.48. The summed E-state index contributed by atoms with van der Waals surface area (Å²) in [6.45, 7) is 7.43. The second-order valence-electron chi connectivity index (χ2n) is 7.88. The molecule has 9 nitrogen and oxygen atoms in total. The van der Waals surface area contributed by atoms with E-state index in [-0.39, 0.29) is 11.8 Å². The van der Waals surface area contributed by atoms with Gasteiger partial charge in [0.1, 0.15) is 11.6 Å². The first-order valence-corrected chi connectivity index (χ1v) is 10.9. The van der Waals surface area contributed by atoms with E-state index in [1.807, 2.05) is 50.2 Å². The van der Waals surface area contributed by atoms with Gasteiger partial charge in [0.15, 0.2) is 11.6 Å². The minimum atomic E-state index is -0.143. The molecule has 1 N–H and O–H groups in total. The normalized spacial score (nSPS) is 18.2. The van der Waals surface area contributed by atoms with Gasteiger partial charge in [0.25, 0.3) is 0 Å². The van der Waals surface area contributed by atoms with Crippen LogP contribution in [0.3, 0.4) is 0 Å². The fourth-order valence-electron chi connectivity index (χ4n) is 4.43. The van der Waals surface area contributed by atoms with Gasteiger partial charge in [-0.25, -0.2) is 0 Å². The topological polar surface area (TPSA) is 94.4 Å². The van der Waals surface area contributed by atoms with Crippen LogP contribution in [0.4, 0.5) is 11.6 Å². The van der Waals surface area contributed by atoms with E-state index in [1.54, 1.807) is 4.68 Å². The smallest absolute Gasteiger partial charge is 0.226 e. The summed E-state index contributed by atoms with van der Waals surface area (Å²) in [5, 5.41) is 16.5. The molecule has 1 aromatic carbocycles. The molecule has 0 saturated carbocycles. The quantitative estimate of drug-likeness (QED) is 0.660. The summed E-state index contributed by atoms with van der Waals surface area (Å²) in [7, 11) is 0. The van der Waals surface area contributed by atoms with Gasteiger partial charge in [0.05, 0.1) is 25.5 Å². The zero-order valence-electron chi connectivity index (χ0n) is 18.2. The average molecular weight is 435 g/mol. The van der Waals surface area contributed by atoms with Gasteiger partial charge in [0.2, 0.25) is 5.91 Å². The zero-order chi connectivity index (χ0) is 22.1. The Hall–Kier alpha value is -3.46. The SMILES string of the molecule is CCOc1ccccc1C1CC(=O)Nc2c1c(C)nn2-c1ccc(N2CCOCC2)nn1. The standard InChI is InChI=1S/C23H26N6O3/c1-3-32-18-7-5-4-6-16(18)17-14-21(30)24-23-22(17)15(2)27-29(23)20-9-8-19(25-26-20)28-10-12-31-13-11-28/h4-9,17H,3,10-14H2,1-2H3,(H,24,30). The highest BCUT2D eigenvalue weighted by Crippen LogP contribution is 2.42. The largest absolute Gasteiger partial charge is 0.494 e. The molecule has 1 saturated heterocycles. The van der Waals surface area contributed by atoms with Gasteiger partial charge >= 0.3 is 0 Å². The molecule has 4 heterocycles. The van der Waals surface area contributed by atoms with Crippen molar-refractivity contribution in [2.24, 2.45) is 0 Å². The van der Waals surface area contributed by atoms with Crippen LogP contribution in [0, 0.1) is 6.92 Å². The van der Waals surface area contributed by atoms with Crippen molar-refractivity contribution in [3.05, 3.63) is 53.2 Å². The molecule has 0 aliphatic carbocycles. The van der Waals surface area contributed by atoms with Gasteiger partial charge in [0, 0.05) is 36.6 Å². The number of benzene rings is 1. The Morgan fingerprint density at radius 2 is 1.88 bits per heavy atom. The number of anilines is 2. The van der Waals surface area contributed by atoms with Gasteiger partial charge in [-0.15, -0.1) is 10.2 Å². The van der Waals surface area contributed by atoms with Gasteiger partial charge in [-0.2, -0.15) is 9.78 Å². The summed E-state index contributed by atoms with van der Waals surface area (Å²) in [6.07, 6.45) is 0.339. The van der Waals surface area contributed by atoms with Gasteiger partial charge in [-0.1, -0.05) is 18.2 Å². The Morgan fingerprint density at radius 1 is 1.12 bits per heavy atom. The van der Waals surface area contributed by atoms with Crippen molar-refractivity contribution in [2.75, 3.05) is 43.1 Å². The molecule has 5 rings (SSSR count). The Balaban J connectivity index is 1.53. The molecule has 0 radical (unpaired) electrons. The van der Waals surface area contributed by atoms with E-state index in [4.69, 9.17) is 14.6 Å². The number of hydrogen-bond donors (Lipinski definition) is 1. The first kappa shape index (κ1) is 20.4. The molecule has 166 valence electrons. The molecule has 9 heteroatoms. The maximum absolute atomic E-state index is 12.7. The molecular weight excluding hydrogens is 408 g/mol. The first-order valence-electron chi connectivity index (χ1n) is 10.9. The van der Waals surface area contributed by atoms with Crippen molar-refractivity contribution in [3.8, 4) is 11.6 Å². The van der Waals surface area contributed by atoms with E-state index in [1.165, 1.54) is 0 Å². The zero-order valence-corrected chi connectivity index (χ0v) is 18.2. The average Bonchev–Trinajstić information content (AvgIpc) is 3.16. The number of aromatic nitrogens is 4. The van der Waals surface area contributed by atoms with E-state index in [0.29, 0.717) is 37.9 Å². The third kappa shape index (κ3) is 3.69. The van der Waals surface area contributed by atoms with Crippen molar-refractivity contribution in [1.82, 2.24) is 20.0 Å². The van der Waals surface area contributed by atoms with Crippen molar-refractivity contribution in [1.29, 1.82) is 0 Å². The first-order chi connectivity index (χ1) is 15.7. The van der Waals surface area contributed by atoms with Crippen LogP contribution >= 0.6 is 0 Å². The van der Waals surface area contributed by atoms with E-state index < -0.39 is 0 Å².